The second-order valence-electron chi connectivity index (χ2n) is 43.2. The van der Waals surface area contributed by atoms with Crippen LogP contribution in [0.2, 0.25) is 0 Å². The van der Waals surface area contributed by atoms with E-state index in [0.29, 0.717) is 139 Å². The summed E-state index contributed by atoms with van der Waals surface area (Å²) in [4.78, 5) is 138. The average molecular weight is 1950 g/mol. The first-order chi connectivity index (χ1) is 65.7. The predicted octanol–water partition coefficient (Wildman–Crippen LogP) is 18.0. The lowest BCUT2D eigenvalue weighted by atomic mass is 9.72. The van der Waals surface area contributed by atoms with Gasteiger partial charge in [0, 0.05) is 101 Å². The highest BCUT2D eigenvalue weighted by Crippen LogP contribution is 2.55. The molecule has 0 bridgehead atoms. The summed E-state index contributed by atoms with van der Waals surface area (Å²) in [5, 5.41) is 79.5. The molecule has 6 fully saturated rings. The highest BCUT2D eigenvalue weighted by atomic mass is 19.4. The Morgan fingerprint density at radius 1 is 0.329 bits per heavy atom. The van der Waals surface area contributed by atoms with Crippen LogP contribution in [0.1, 0.15) is 244 Å². The van der Waals surface area contributed by atoms with Gasteiger partial charge in [-0.1, -0.05) is 83.1 Å². The fourth-order valence-electron chi connectivity index (χ4n) is 21.6. The predicted molar refractivity (Wildman–Crippen MR) is 494 cm³/mol. The standard InChI is InChI=1S/C52H64F6N6O6.C49H61N9O12/c1-32-34(21-48(2,3)24-39(32)62-15-9-10-16-62)44(61-8)47(67)70-31-33(29-68-45(65)37(27-59)35-22-49(4,5)25-40(42(35)51(53,54)55)63-17-11-12-18-63)30-69-46(66)38(28-60)36-23-50(6,7)26-41(43(36)52(56,57)58)64-19-13-14-20-64;1-47(2)20-32(41(56(62)63)37(23-47)53-14-8-9-15-53)35(26-50)44(59)68-28-31(29-69-45(60)36(27-51)33-21-48(3,4)24-38(42(33)57(64)65)54-16-10-11-17-54)30-70-46(61)40(52-7)34-22-49(5,6)25-39(43(34)58(66)67)55-18-12-13-19-55/h33H,9-26,29-31H2,1-7H3;31H,8-25,28-30H2,1-6H3/b37-35+,38-36+,44-34-;35-32+,36-33+,40-34-. The SMILES string of the molecule is [C-]#[N+]/C(C(=O)OCC(COC(=O)/C(C#N)=C1\CC(C)(C)CC(N2CCCC2)=C1C(F)(F)F)COC(=O)/C(C#N)=C1\CC(C)(C)CC(N2CCCC2)=C1C(F)(F)F)=C1/CC(C)(C)CC(N2CCCC2)=C1C.[C-]#[N+]/C(C(=O)OCC(COC(=O)/C(C#N)=C1\CC(C)(C)CC(N2CCCC2)=C1[N+](=O)[O-])COC(=O)/C(C#N)=C1\CC(C)(C)CC(N2CCCC2)=C1[N+](=O)[O-])=C1/CC(C)(C)CC(N2CCCC2)=C1[N+](=O)[O-]. The van der Waals surface area contributed by atoms with Gasteiger partial charge in [0.15, 0.2) is 0 Å². The zero-order valence-corrected chi connectivity index (χ0v) is 82.2. The minimum Gasteiger partial charge on any atom is -0.470 e. The summed E-state index contributed by atoms with van der Waals surface area (Å²) in [6.07, 6.45) is 1.27. The van der Waals surface area contributed by atoms with Crippen LogP contribution in [0.4, 0.5) is 26.3 Å². The summed E-state index contributed by atoms with van der Waals surface area (Å²) in [6.45, 7) is 42.2. The van der Waals surface area contributed by atoms with E-state index in [-0.39, 0.29) is 101 Å². The monoisotopic (exact) mass is 1950 g/mol. The number of rotatable bonds is 27. The Hall–Kier alpha value is -12.8. The topological polar surface area (TPSA) is 411 Å². The molecule has 0 unspecified atom stereocenters. The number of esters is 6. The van der Waals surface area contributed by atoms with Gasteiger partial charge in [-0.3, -0.25) is 39.9 Å². The molecular weight excluding hydrogens is 1830 g/mol. The molecule has 12 aliphatic rings. The largest absolute Gasteiger partial charge is 0.470 e. The van der Waals surface area contributed by atoms with E-state index in [9.17, 15) is 80.2 Å². The summed E-state index contributed by atoms with van der Waals surface area (Å²) >= 11 is 0. The van der Waals surface area contributed by atoms with Crippen molar-refractivity contribution < 1.29 is 98.3 Å². The number of nitrogens with zero attached hydrogens (tertiary/aromatic N) is 15. The normalized spacial score (nSPS) is 23.4. The third kappa shape index (κ3) is 25.5. The Kier molecular flexibility index (Phi) is 33.8. The Balaban J connectivity index is 0.000000268. The van der Waals surface area contributed by atoms with Crippen LogP contribution in [0.25, 0.3) is 9.69 Å². The first-order valence-electron chi connectivity index (χ1n) is 47.9. The number of nitro groups is 3. The van der Waals surface area contributed by atoms with Gasteiger partial charge >= 0.3 is 48.2 Å². The number of halogens is 6. The van der Waals surface area contributed by atoms with Gasteiger partial charge in [0.25, 0.3) is 28.5 Å². The molecular formula is C101H125F6N15O18. The van der Waals surface area contributed by atoms with Gasteiger partial charge in [0.05, 0.1) is 92.3 Å². The molecule has 0 amide bonds. The number of hydrogen-bond acceptors (Lipinski definition) is 28. The van der Waals surface area contributed by atoms with E-state index >= 15 is 26.3 Å². The van der Waals surface area contributed by atoms with Crippen LogP contribution in [-0.2, 0) is 57.2 Å². The third-order valence-electron chi connectivity index (χ3n) is 27.9. The second-order valence-corrected chi connectivity index (χ2v) is 43.2. The lowest BCUT2D eigenvalue weighted by molar-refractivity contribution is -0.424. The van der Waals surface area contributed by atoms with Crippen LogP contribution in [0.5, 0.6) is 0 Å². The van der Waals surface area contributed by atoms with E-state index in [4.69, 9.17) is 41.6 Å². The average Bonchev–Trinajstić information content (AvgIpc) is 1.12. The van der Waals surface area contributed by atoms with Crippen molar-refractivity contribution in [3.63, 3.8) is 0 Å². The molecule has 140 heavy (non-hydrogen) atoms. The molecule has 6 saturated heterocycles. The van der Waals surface area contributed by atoms with Crippen LogP contribution < -0.4 is 0 Å². The van der Waals surface area contributed by atoms with Crippen LogP contribution in [0, 0.1) is 133 Å². The number of carbonyl (C=O) groups is 6. The molecule has 0 aromatic rings. The Bertz CT molecular complexity index is 5270. The molecule has 39 heteroatoms. The van der Waals surface area contributed by atoms with Crippen molar-refractivity contribution in [1.82, 2.24) is 29.4 Å². The number of carbonyl (C=O) groups excluding carboxylic acids is 6. The molecule has 0 radical (unpaired) electrons. The number of alkyl halides is 6. The lowest BCUT2D eigenvalue weighted by Gasteiger charge is -2.39. The van der Waals surface area contributed by atoms with Crippen molar-refractivity contribution >= 4 is 35.8 Å². The Morgan fingerprint density at radius 2 is 0.521 bits per heavy atom. The molecule has 6 heterocycles. The third-order valence-corrected chi connectivity index (χ3v) is 27.9. The smallest absolute Gasteiger partial charge is 0.418 e. The first kappa shape index (κ1) is 108. The van der Waals surface area contributed by atoms with Gasteiger partial charge in [-0.25, -0.2) is 28.9 Å². The van der Waals surface area contributed by atoms with Crippen molar-refractivity contribution in [3.8, 4) is 24.3 Å². The van der Waals surface area contributed by atoms with E-state index in [0.717, 1.165) is 82.1 Å². The molecule has 12 rings (SSSR count). The highest BCUT2D eigenvalue weighted by Gasteiger charge is 2.53. The van der Waals surface area contributed by atoms with Crippen molar-refractivity contribution in [3.05, 3.63) is 188 Å². The van der Waals surface area contributed by atoms with Crippen LogP contribution >= 0.6 is 0 Å². The molecule has 0 saturated carbocycles. The number of likely N-dealkylation sites (tertiary alicyclic amines) is 6. The summed E-state index contributed by atoms with van der Waals surface area (Å²) in [7, 11) is 0. The van der Waals surface area contributed by atoms with Gasteiger partial charge in [-0.2, -0.15) is 47.4 Å². The van der Waals surface area contributed by atoms with Crippen LogP contribution in [0.3, 0.4) is 0 Å². The van der Waals surface area contributed by atoms with E-state index in [1.54, 1.807) is 61.8 Å². The molecule has 754 valence electrons. The molecule has 33 nitrogen and oxygen atoms in total. The van der Waals surface area contributed by atoms with Crippen molar-refractivity contribution in [2.75, 3.05) is 118 Å². The Labute approximate surface area is 812 Å². The number of ether oxygens (including phenoxy) is 6. The van der Waals surface area contributed by atoms with Gasteiger partial charge in [0.2, 0.25) is 0 Å². The van der Waals surface area contributed by atoms with Crippen molar-refractivity contribution in [2.45, 2.75) is 256 Å². The van der Waals surface area contributed by atoms with Gasteiger partial charge in [-0.15, -0.1) is 0 Å². The maximum Gasteiger partial charge on any atom is 0.418 e. The maximum atomic E-state index is 15.0. The highest BCUT2D eigenvalue weighted by molar-refractivity contribution is 5.98. The number of nitriles is 4. The summed E-state index contributed by atoms with van der Waals surface area (Å²) in [5.74, 6) is -10.3. The fourth-order valence-corrected chi connectivity index (χ4v) is 21.6. The summed E-state index contributed by atoms with van der Waals surface area (Å²) < 4.78 is 124. The van der Waals surface area contributed by atoms with Crippen molar-refractivity contribution in [1.29, 1.82) is 21.0 Å². The van der Waals surface area contributed by atoms with E-state index in [1.165, 1.54) is 0 Å². The molecule has 0 spiro atoms. The number of hydrogen-bond donors (Lipinski definition) is 0. The van der Waals surface area contributed by atoms with E-state index in [2.05, 4.69) is 14.6 Å². The number of allylic oxidation sites excluding steroid dienone is 15. The molecule has 0 N–H and O–H groups in total. The van der Waals surface area contributed by atoms with Crippen LogP contribution in [-0.4, -0.2) is 211 Å². The van der Waals surface area contributed by atoms with Gasteiger partial charge < -0.3 is 57.8 Å². The minimum absolute atomic E-state index is 0.00292. The second kappa shape index (κ2) is 43.9. The summed E-state index contributed by atoms with van der Waals surface area (Å²) in [6, 6.07) is 6.89. The van der Waals surface area contributed by atoms with Gasteiger partial charge in [-0.05, 0) is 216 Å². The molecule has 6 aliphatic carbocycles. The Morgan fingerprint density at radius 3 is 0.764 bits per heavy atom. The molecule has 6 aliphatic heterocycles. The van der Waals surface area contributed by atoms with E-state index < -0.39 is 192 Å². The maximum absolute atomic E-state index is 15.0. The molecule has 0 aromatic heterocycles. The minimum atomic E-state index is -4.94. The van der Waals surface area contributed by atoms with Gasteiger partial charge in [0.1, 0.15) is 73.0 Å². The molecule has 0 aromatic carbocycles. The van der Waals surface area contributed by atoms with E-state index in [1.807, 2.05) is 77.0 Å². The fraction of sp³-hybridized carbons (Fsp3) is 0.644. The first-order valence-corrected chi connectivity index (χ1v) is 47.9. The molecule has 0 atom stereocenters. The zero-order valence-electron chi connectivity index (χ0n) is 82.2. The quantitative estimate of drug-likeness (QED) is 0.0108. The van der Waals surface area contributed by atoms with Crippen molar-refractivity contribution in [2.24, 2.45) is 44.3 Å². The van der Waals surface area contributed by atoms with Crippen LogP contribution in [0.15, 0.2) is 135 Å². The lowest BCUT2D eigenvalue weighted by Crippen LogP contribution is -2.35. The zero-order chi connectivity index (χ0) is 103. The summed E-state index contributed by atoms with van der Waals surface area (Å²) in [5.41, 5.74) is -8.79.